The summed E-state index contributed by atoms with van der Waals surface area (Å²) in [5.74, 6) is 1.91. The van der Waals surface area contributed by atoms with Crippen LogP contribution < -0.4 is 14.4 Å². The van der Waals surface area contributed by atoms with Crippen molar-refractivity contribution in [3.05, 3.63) is 46.8 Å². The van der Waals surface area contributed by atoms with E-state index in [1.54, 1.807) is 17.5 Å². The molecule has 1 aromatic carbocycles. The molecule has 0 amide bonds. The average molecular weight is 356 g/mol. The van der Waals surface area contributed by atoms with E-state index >= 15 is 0 Å². The van der Waals surface area contributed by atoms with Crippen molar-refractivity contribution in [2.75, 3.05) is 24.8 Å². The number of anilines is 1. The lowest BCUT2D eigenvalue weighted by Crippen LogP contribution is -2.28. The molecule has 25 heavy (non-hydrogen) atoms. The van der Waals surface area contributed by atoms with Crippen molar-refractivity contribution in [1.82, 2.24) is 15.2 Å². The van der Waals surface area contributed by atoms with Gasteiger partial charge in [-0.25, -0.2) is 4.98 Å². The number of aliphatic hydroxyl groups excluding tert-OH is 1. The van der Waals surface area contributed by atoms with Crippen molar-refractivity contribution in [1.29, 1.82) is 0 Å². The van der Waals surface area contributed by atoms with Crippen LogP contribution in [0.5, 0.6) is 11.5 Å². The van der Waals surface area contributed by atoms with Crippen LogP contribution >= 0.6 is 11.3 Å². The average Bonchev–Trinajstić information content (AvgIpc) is 3.32. The number of aromatic nitrogens is 3. The highest BCUT2D eigenvalue weighted by molar-refractivity contribution is 7.09. The molecule has 0 spiro atoms. The van der Waals surface area contributed by atoms with Gasteiger partial charge in [0, 0.05) is 17.0 Å². The maximum Gasteiger partial charge on any atom is 0.246 e. The van der Waals surface area contributed by atoms with E-state index in [-0.39, 0.29) is 13.4 Å². The zero-order valence-corrected chi connectivity index (χ0v) is 14.1. The van der Waals surface area contributed by atoms with Gasteiger partial charge in [0.05, 0.1) is 25.0 Å². The highest BCUT2D eigenvalue weighted by Gasteiger charge is 2.16. The lowest BCUT2D eigenvalue weighted by atomic mass is 10.1. The number of benzene rings is 1. The molecule has 7 nitrogen and oxygen atoms in total. The van der Waals surface area contributed by atoms with Crippen molar-refractivity contribution in [3.63, 3.8) is 0 Å². The second-order valence-electron chi connectivity index (χ2n) is 5.43. The zero-order valence-electron chi connectivity index (χ0n) is 13.3. The van der Waals surface area contributed by atoms with Crippen LogP contribution in [0.4, 0.5) is 5.95 Å². The van der Waals surface area contributed by atoms with E-state index in [0.29, 0.717) is 30.5 Å². The minimum absolute atomic E-state index is 0.0169. The third kappa shape index (κ3) is 3.40. The van der Waals surface area contributed by atoms with E-state index in [2.05, 4.69) is 15.2 Å². The standard InChI is InChI=1S/C17H16N4O3S/c22-6-5-21(10-13-2-1-7-25-13)17-19-14(9-18-20-17)12-3-4-15-16(8-12)24-11-23-15/h1-4,7-9,22H,5-6,10-11H2. The van der Waals surface area contributed by atoms with Crippen LogP contribution in [0, 0.1) is 0 Å². The largest absolute Gasteiger partial charge is 0.454 e. The Morgan fingerprint density at radius 2 is 2.12 bits per heavy atom. The molecule has 0 fully saturated rings. The number of hydrogen-bond acceptors (Lipinski definition) is 8. The van der Waals surface area contributed by atoms with Crippen LogP contribution in [0.25, 0.3) is 11.3 Å². The van der Waals surface area contributed by atoms with Crippen LogP contribution in [0.1, 0.15) is 4.88 Å². The van der Waals surface area contributed by atoms with E-state index in [4.69, 9.17) is 9.47 Å². The molecule has 0 saturated carbocycles. The van der Waals surface area contributed by atoms with Gasteiger partial charge in [-0.05, 0) is 29.6 Å². The summed E-state index contributed by atoms with van der Waals surface area (Å²) in [6.45, 7) is 1.31. The third-order valence-electron chi connectivity index (χ3n) is 3.80. The quantitative estimate of drug-likeness (QED) is 0.726. The van der Waals surface area contributed by atoms with E-state index in [0.717, 1.165) is 11.3 Å². The minimum Gasteiger partial charge on any atom is -0.454 e. The third-order valence-corrected chi connectivity index (χ3v) is 4.66. The molecule has 0 unspecified atom stereocenters. The first kappa shape index (κ1) is 15.8. The molecule has 0 saturated heterocycles. The molecule has 4 rings (SSSR count). The molecule has 0 aliphatic carbocycles. The number of fused-ring (bicyclic) bond motifs is 1. The van der Waals surface area contributed by atoms with Gasteiger partial charge in [0.1, 0.15) is 0 Å². The summed E-state index contributed by atoms with van der Waals surface area (Å²) in [6, 6.07) is 9.70. The lowest BCUT2D eigenvalue weighted by molar-refractivity contribution is 0.174. The van der Waals surface area contributed by atoms with Gasteiger partial charge in [-0.15, -0.1) is 16.4 Å². The van der Waals surface area contributed by atoms with E-state index < -0.39 is 0 Å². The summed E-state index contributed by atoms with van der Waals surface area (Å²) in [4.78, 5) is 7.70. The Morgan fingerprint density at radius 3 is 2.96 bits per heavy atom. The molecule has 1 N–H and O–H groups in total. The summed E-state index contributed by atoms with van der Waals surface area (Å²) >= 11 is 1.66. The highest BCUT2D eigenvalue weighted by Crippen LogP contribution is 2.35. The molecule has 1 aliphatic heterocycles. The Hall–Kier alpha value is -2.71. The number of nitrogens with zero attached hydrogens (tertiary/aromatic N) is 4. The molecule has 3 heterocycles. The van der Waals surface area contributed by atoms with Gasteiger partial charge >= 0.3 is 0 Å². The molecule has 2 aromatic heterocycles. The summed E-state index contributed by atoms with van der Waals surface area (Å²) < 4.78 is 10.8. The number of hydrogen-bond donors (Lipinski definition) is 1. The van der Waals surface area contributed by atoms with Gasteiger partial charge in [0.15, 0.2) is 11.5 Å². The van der Waals surface area contributed by atoms with Gasteiger partial charge < -0.3 is 19.5 Å². The van der Waals surface area contributed by atoms with Crippen LogP contribution in [0.2, 0.25) is 0 Å². The topological polar surface area (TPSA) is 80.6 Å². The fourth-order valence-corrected chi connectivity index (χ4v) is 3.30. The molecule has 0 radical (unpaired) electrons. The highest BCUT2D eigenvalue weighted by atomic mass is 32.1. The first-order chi connectivity index (χ1) is 12.3. The number of aliphatic hydroxyl groups is 1. The van der Waals surface area contributed by atoms with Crippen LogP contribution in [-0.2, 0) is 6.54 Å². The van der Waals surface area contributed by atoms with Gasteiger partial charge in [0.25, 0.3) is 0 Å². The first-order valence-electron chi connectivity index (χ1n) is 7.81. The van der Waals surface area contributed by atoms with Crippen molar-refractivity contribution in [2.24, 2.45) is 0 Å². The Kier molecular flexibility index (Phi) is 4.45. The number of rotatable bonds is 6. The van der Waals surface area contributed by atoms with Crippen molar-refractivity contribution in [3.8, 4) is 22.8 Å². The fraction of sp³-hybridized carbons (Fsp3) is 0.235. The predicted octanol–water partition coefficient (Wildman–Crippen LogP) is 2.33. The van der Waals surface area contributed by atoms with Gasteiger partial charge in [-0.1, -0.05) is 6.07 Å². The summed E-state index contributed by atoms with van der Waals surface area (Å²) in [5.41, 5.74) is 1.57. The number of ether oxygens (including phenoxy) is 2. The molecule has 1 aliphatic rings. The van der Waals surface area contributed by atoms with Gasteiger partial charge in [-0.3, -0.25) is 0 Å². The Bertz CT molecular complexity index is 857. The van der Waals surface area contributed by atoms with Gasteiger partial charge in [0.2, 0.25) is 12.7 Å². The van der Waals surface area contributed by atoms with Crippen LogP contribution in [0.15, 0.2) is 41.9 Å². The fourth-order valence-electron chi connectivity index (χ4n) is 2.58. The lowest BCUT2D eigenvalue weighted by Gasteiger charge is -2.20. The van der Waals surface area contributed by atoms with Crippen molar-refractivity contribution >= 4 is 17.3 Å². The Balaban J connectivity index is 1.63. The maximum atomic E-state index is 9.37. The molecule has 128 valence electrons. The van der Waals surface area contributed by atoms with Crippen molar-refractivity contribution in [2.45, 2.75) is 6.54 Å². The monoisotopic (exact) mass is 356 g/mol. The zero-order chi connectivity index (χ0) is 17.1. The van der Waals surface area contributed by atoms with Crippen LogP contribution in [0.3, 0.4) is 0 Å². The van der Waals surface area contributed by atoms with E-state index in [9.17, 15) is 5.11 Å². The van der Waals surface area contributed by atoms with E-state index in [1.807, 2.05) is 40.6 Å². The molecule has 8 heteroatoms. The minimum atomic E-state index is 0.0169. The second kappa shape index (κ2) is 7.04. The van der Waals surface area contributed by atoms with E-state index in [1.165, 1.54) is 4.88 Å². The molecule has 0 bridgehead atoms. The number of thiophene rings is 1. The predicted molar refractivity (Wildman–Crippen MR) is 93.8 cm³/mol. The molecular formula is C17H16N4O3S. The molecule has 0 atom stereocenters. The first-order valence-corrected chi connectivity index (χ1v) is 8.69. The summed E-state index contributed by atoms with van der Waals surface area (Å²) in [5, 5.41) is 19.6. The normalized spacial score (nSPS) is 12.4. The van der Waals surface area contributed by atoms with Crippen molar-refractivity contribution < 1.29 is 14.6 Å². The summed E-state index contributed by atoms with van der Waals surface area (Å²) in [6.07, 6.45) is 1.61. The summed E-state index contributed by atoms with van der Waals surface area (Å²) in [7, 11) is 0. The van der Waals surface area contributed by atoms with Gasteiger partial charge in [-0.2, -0.15) is 5.10 Å². The van der Waals surface area contributed by atoms with Crippen LogP contribution in [-0.4, -0.2) is 40.2 Å². The SMILES string of the molecule is OCCN(Cc1cccs1)c1nncc(-c2ccc3c(c2)OCO3)n1. The molecule has 3 aromatic rings. The Morgan fingerprint density at radius 1 is 1.20 bits per heavy atom. The maximum absolute atomic E-state index is 9.37. The second-order valence-corrected chi connectivity index (χ2v) is 6.47. The Labute approximate surface area is 148 Å². The smallest absolute Gasteiger partial charge is 0.246 e. The molecular weight excluding hydrogens is 340 g/mol.